The number of hydrogen-bond donors (Lipinski definition) is 1. The third kappa shape index (κ3) is 2.55. The summed E-state index contributed by atoms with van der Waals surface area (Å²) in [5.41, 5.74) is 2.52. The molecule has 0 unspecified atom stereocenters. The standard InChI is InChI=1S/C11H14IN5O/c1-7-8(5-14-17(7)3)4-13-11(18)10-9(12)6-16(2)15-10/h5-6H,4H2,1-3H3,(H,13,18). The first-order valence-electron chi connectivity index (χ1n) is 5.44. The van der Waals surface area contributed by atoms with Crippen molar-refractivity contribution in [1.29, 1.82) is 0 Å². The first kappa shape index (κ1) is 13.1. The van der Waals surface area contributed by atoms with E-state index in [0.29, 0.717) is 12.2 Å². The lowest BCUT2D eigenvalue weighted by atomic mass is 10.2. The Morgan fingerprint density at radius 3 is 2.72 bits per heavy atom. The molecule has 0 radical (unpaired) electrons. The van der Waals surface area contributed by atoms with E-state index in [1.807, 2.05) is 20.2 Å². The maximum Gasteiger partial charge on any atom is 0.273 e. The highest BCUT2D eigenvalue weighted by Crippen LogP contribution is 2.10. The van der Waals surface area contributed by atoms with Crippen LogP contribution in [-0.2, 0) is 20.6 Å². The van der Waals surface area contributed by atoms with E-state index in [9.17, 15) is 4.79 Å². The van der Waals surface area contributed by atoms with E-state index in [1.54, 1.807) is 22.6 Å². The zero-order valence-electron chi connectivity index (χ0n) is 10.4. The number of nitrogens with one attached hydrogen (secondary N) is 1. The molecule has 2 rings (SSSR count). The van der Waals surface area contributed by atoms with Crippen LogP contribution in [0.3, 0.4) is 0 Å². The van der Waals surface area contributed by atoms with Crippen LogP contribution >= 0.6 is 22.6 Å². The molecule has 0 atom stereocenters. The second-order valence-electron chi connectivity index (χ2n) is 4.06. The molecule has 18 heavy (non-hydrogen) atoms. The number of carbonyl (C=O) groups excluding carboxylic acids is 1. The van der Waals surface area contributed by atoms with Crippen LogP contribution in [0.4, 0.5) is 0 Å². The van der Waals surface area contributed by atoms with E-state index in [2.05, 4.69) is 38.1 Å². The summed E-state index contributed by atoms with van der Waals surface area (Å²) in [5.74, 6) is -0.164. The van der Waals surface area contributed by atoms with Gasteiger partial charge in [-0.15, -0.1) is 0 Å². The minimum absolute atomic E-state index is 0.164. The van der Waals surface area contributed by atoms with Crippen LogP contribution < -0.4 is 5.32 Å². The molecule has 0 spiro atoms. The van der Waals surface area contributed by atoms with Crippen molar-refractivity contribution in [1.82, 2.24) is 24.9 Å². The fraction of sp³-hybridized carbons (Fsp3) is 0.364. The van der Waals surface area contributed by atoms with Gasteiger partial charge in [-0.2, -0.15) is 10.2 Å². The molecular weight excluding hydrogens is 345 g/mol. The number of hydrogen-bond acceptors (Lipinski definition) is 3. The molecule has 0 fully saturated rings. The van der Waals surface area contributed by atoms with Crippen molar-refractivity contribution in [2.24, 2.45) is 14.1 Å². The third-order valence-corrected chi connectivity index (χ3v) is 3.56. The monoisotopic (exact) mass is 359 g/mol. The average Bonchev–Trinajstić information content (AvgIpc) is 2.81. The number of aryl methyl sites for hydroxylation is 2. The highest BCUT2D eigenvalue weighted by Gasteiger charge is 2.14. The molecule has 0 aliphatic rings. The minimum Gasteiger partial charge on any atom is -0.346 e. The smallest absolute Gasteiger partial charge is 0.273 e. The van der Waals surface area contributed by atoms with Gasteiger partial charge in [-0.05, 0) is 29.5 Å². The number of halogens is 1. The number of nitrogens with zero attached hydrogens (tertiary/aromatic N) is 4. The van der Waals surface area contributed by atoms with Crippen molar-refractivity contribution in [3.05, 3.63) is 32.9 Å². The van der Waals surface area contributed by atoms with Gasteiger partial charge in [-0.1, -0.05) is 0 Å². The molecule has 2 aromatic heterocycles. The van der Waals surface area contributed by atoms with Crippen molar-refractivity contribution in [3.63, 3.8) is 0 Å². The fourth-order valence-corrected chi connectivity index (χ4v) is 2.35. The zero-order chi connectivity index (χ0) is 13.3. The fourth-order valence-electron chi connectivity index (χ4n) is 1.59. The van der Waals surface area contributed by atoms with Gasteiger partial charge in [0.1, 0.15) is 0 Å². The Morgan fingerprint density at radius 1 is 1.50 bits per heavy atom. The molecule has 0 aromatic carbocycles. The van der Waals surface area contributed by atoms with Crippen LogP contribution in [0.25, 0.3) is 0 Å². The molecule has 7 heteroatoms. The van der Waals surface area contributed by atoms with Gasteiger partial charge >= 0.3 is 0 Å². The van der Waals surface area contributed by atoms with Crippen molar-refractivity contribution in [2.75, 3.05) is 0 Å². The van der Waals surface area contributed by atoms with Gasteiger partial charge < -0.3 is 5.32 Å². The Balaban J connectivity index is 2.05. The number of aromatic nitrogens is 4. The largest absolute Gasteiger partial charge is 0.346 e. The quantitative estimate of drug-likeness (QED) is 0.832. The van der Waals surface area contributed by atoms with Crippen molar-refractivity contribution >= 4 is 28.5 Å². The number of rotatable bonds is 3. The topological polar surface area (TPSA) is 64.7 Å². The molecule has 6 nitrogen and oxygen atoms in total. The predicted molar refractivity (Wildman–Crippen MR) is 75.0 cm³/mol. The number of amides is 1. The molecule has 0 saturated heterocycles. The summed E-state index contributed by atoms with van der Waals surface area (Å²) in [7, 11) is 3.67. The van der Waals surface area contributed by atoms with Gasteiger partial charge in [0.05, 0.1) is 9.77 Å². The molecule has 96 valence electrons. The Kier molecular flexibility index (Phi) is 3.69. The highest BCUT2D eigenvalue weighted by atomic mass is 127. The van der Waals surface area contributed by atoms with Crippen molar-refractivity contribution in [2.45, 2.75) is 13.5 Å². The van der Waals surface area contributed by atoms with Crippen LogP contribution in [0.1, 0.15) is 21.7 Å². The first-order valence-corrected chi connectivity index (χ1v) is 6.51. The maximum atomic E-state index is 12.0. The highest BCUT2D eigenvalue weighted by molar-refractivity contribution is 14.1. The molecule has 0 bridgehead atoms. The molecule has 2 heterocycles. The lowest BCUT2D eigenvalue weighted by Crippen LogP contribution is -2.24. The van der Waals surface area contributed by atoms with Gasteiger partial charge in [0.25, 0.3) is 5.91 Å². The van der Waals surface area contributed by atoms with Crippen LogP contribution in [-0.4, -0.2) is 25.5 Å². The lowest BCUT2D eigenvalue weighted by molar-refractivity contribution is 0.0944. The summed E-state index contributed by atoms with van der Waals surface area (Å²) < 4.78 is 4.26. The summed E-state index contributed by atoms with van der Waals surface area (Å²) in [4.78, 5) is 12.0. The van der Waals surface area contributed by atoms with E-state index in [0.717, 1.165) is 14.8 Å². The summed E-state index contributed by atoms with van der Waals surface area (Å²) >= 11 is 2.10. The van der Waals surface area contributed by atoms with Crippen LogP contribution in [0, 0.1) is 10.5 Å². The molecule has 0 aliphatic heterocycles. The molecule has 0 saturated carbocycles. The zero-order valence-corrected chi connectivity index (χ0v) is 12.6. The van der Waals surface area contributed by atoms with Gasteiger partial charge in [0.15, 0.2) is 5.69 Å². The first-order chi connectivity index (χ1) is 8.49. The molecule has 1 N–H and O–H groups in total. The summed E-state index contributed by atoms with van der Waals surface area (Å²) in [6.07, 6.45) is 3.57. The second-order valence-corrected chi connectivity index (χ2v) is 5.22. The lowest BCUT2D eigenvalue weighted by Gasteiger charge is -2.03. The minimum atomic E-state index is -0.164. The van der Waals surface area contributed by atoms with Crippen molar-refractivity contribution < 1.29 is 4.79 Å². The normalized spacial score (nSPS) is 10.7. The molecular formula is C11H14IN5O. The average molecular weight is 359 g/mol. The van der Waals surface area contributed by atoms with Gasteiger partial charge in [-0.3, -0.25) is 14.2 Å². The van der Waals surface area contributed by atoms with Crippen LogP contribution in [0.15, 0.2) is 12.4 Å². The number of carbonyl (C=O) groups is 1. The van der Waals surface area contributed by atoms with Gasteiger partial charge in [-0.25, -0.2) is 0 Å². The molecule has 1 amide bonds. The summed E-state index contributed by atoms with van der Waals surface area (Å²) in [6.45, 7) is 2.43. The summed E-state index contributed by atoms with van der Waals surface area (Å²) in [5, 5.41) is 11.1. The van der Waals surface area contributed by atoms with Crippen LogP contribution in [0.2, 0.25) is 0 Å². The predicted octanol–water partition coefficient (Wildman–Crippen LogP) is 0.997. The Labute approximate surface area is 119 Å². The summed E-state index contributed by atoms with van der Waals surface area (Å²) in [6, 6.07) is 0. The van der Waals surface area contributed by atoms with Crippen LogP contribution in [0.5, 0.6) is 0 Å². The van der Waals surface area contributed by atoms with Gasteiger partial charge in [0.2, 0.25) is 0 Å². The Hall–Kier alpha value is -1.38. The van der Waals surface area contributed by atoms with E-state index in [1.165, 1.54) is 0 Å². The van der Waals surface area contributed by atoms with E-state index in [4.69, 9.17) is 0 Å². The van der Waals surface area contributed by atoms with Gasteiger partial charge in [0, 0.05) is 38.1 Å². The van der Waals surface area contributed by atoms with E-state index in [-0.39, 0.29) is 5.91 Å². The molecule has 0 aliphatic carbocycles. The van der Waals surface area contributed by atoms with E-state index < -0.39 is 0 Å². The molecule has 2 aromatic rings. The van der Waals surface area contributed by atoms with Crippen molar-refractivity contribution in [3.8, 4) is 0 Å². The Bertz CT molecular complexity index is 586. The third-order valence-electron chi connectivity index (χ3n) is 2.78. The Morgan fingerprint density at radius 2 is 2.22 bits per heavy atom. The maximum absolute atomic E-state index is 12.0. The second kappa shape index (κ2) is 5.09. The van der Waals surface area contributed by atoms with E-state index >= 15 is 0 Å². The SMILES string of the molecule is Cc1c(CNC(=O)c2nn(C)cc2I)cnn1C.